The third-order valence-electron chi connectivity index (χ3n) is 6.30. The summed E-state index contributed by atoms with van der Waals surface area (Å²) in [5, 5.41) is 36.3. The van der Waals surface area contributed by atoms with Gasteiger partial charge in [-0.05, 0) is 49.9 Å². The molecule has 0 bridgehead atoms. The van der Waals surface area contributed by atoms with Crippen molar-refractivity contribution in [1.29, 1.82) is 0 Å². The number of aliphatic hydroxyl groups excluding tert-OH is 1. The number of benzene rings is 1. The van der Waals surface area contributed by atoms with Crippen LogP contribution in [0.25, 0.3) is 0 Å². The molecule has 0 aliphatic carbocycles. The average molecular weight is 598 g/mol. The van der Waals surface area contributed by atoms with Gasteiger partial charge in [-0.1, -0.05) is 32.1 Å². The monoisotopic (exact) mass is 597 g/mol. The van der Waals surface area contributed by atoms with Crippen LogP contribution < -0.4 is 20.7 Å². The average Bonchev–Trinajstić information content (AvgIpc) is 2.97. The molecule has 0 spiro atoms. The fraction of sp³-hybridized carbons (Fsp3) is 0.655. The maximum absolute atomic E-state index is 12.0. The van der Waals surface area contributed by atoms with Crippen LogP contribution in [-0.2, 0) is 23.9 Å². The predicted octanol–water partition coefficient (Wildman–Crippen LogP) is 1.92. The fourth-order valence-corrected chi connectivity index (χ4v) is 3.88. The van der Waals surface area contributed by atoms with E-state index in [0.29, 0.717) is 18.8 Å². The molecule has 1 rings (SSSR count). The Morgan fingerprint density at radius 3 is 2.07 bits per heavy atom. The van der Waals surface area contributed by atoms with Crippen LogP contribution in [0.2, 0.25) is 0 Å². The zero-order valence-electron chi connectivity index (χ0n) is 24.5. The molecule has 2 atom stereocenters. The fourth-order valence-electron chi connectivity index (χ4n) is 3.88. The van der Waals surface area contributed by atoms with Gasteiger partial charge in [0.2, 0.25) is 11.8 Å². The van der Waals surface area contributed by atoms with Crippen molar-refractivity contribution in [2.75, 3.05) is 46.6 Å². The number of carbonyl (C=O) groups excluding carboxylic acids is 2. The normalized spacial score (nSPS) is 12.3. The Labute approximate surface area is 247 Å². The lowest BCUT2D eigenvalue weighted by Gasteiger charge is -2.19. The second-order valence-electron chi connectivity index (χ2n) is 9.74. The van der Waals surface area contributed by atoms with Gasteiger partial charge in [-0.2, -0.15) is 0 Å². The van der Waals surface area contributed by atoms with E-state index < -0.39 is 24.2 Å². The first-order chi connectivity index (χ1) is 20.2. The van der Waals surface area contributed by atoms with Gasteiger partial charge in [0.25, 0.3) is 0 Å². The van der Waals surface area contributed by atoms with E-state index >= 15 is 0 Å². The Balaban J connectivity index is 2.02. The van der Waals surface area contributed by atoms with E-state index in [1.807, 2.05) is 0 Å². The number of carbonyl (C=O) groups is 4. The Hall–Kier alpha value is -3.26. The maximum Gasteiger partial charge on any atom is 0.335 e. The highest BCUT2D eigenvalue weighted by atomic mass is 16.5. The highest BCUT2D eigenvalue weighted by Crippen LogP contribution is 2.14. The van der Waals surface area contributed by atoms with Gasteiger partial charge >= 0.3 is 11.9 Å². The van der Waals surface area contributed by atoms with Crippen LogP contribution in [0.3, 0.4) is 0 Å². The SMILES string of the molecule is CNC(=O)COCCOCCNC(=O)CCC(NC(O)CCCCCCCCCOc1ccc(C(=O)O)cc1)C(=O)O. The van der Waals surface area contributed by atoms with E-state index in [0.717, 1.165) is 44.9 Å². The quantitative estimate of drug-likeness (QED) is 0.0675. The number of nitrogens with one attached hydrogen (secondary N) is 3. The Morgan fingerprint density at radius 2 is 1.43 bits per heavy atom. The standard InChI is InChI=1S/C29H47N3O10/c1-30-27(35)21-41-20-19-40-18-16-31-25(33)15-14-24(29(38)39)32-26(34)9-7-5-3-2-4-6-8-17-42-23-12-10-22(11-13-23)28(36)37/h10-13,24,26,32,34H,2-9,14-21H2,1H3,(H,30,35)(H,31,33)(H,36,37)(H,38,39). The number of likely N-dealkylation sites (N-methyl/N-ethyl adjacent to an activating group) is 1. The zero-order valence-corrected chi connectivity index (χ0v) is 24.5. The van der Waals surface area contributed by atoms with Gasteiger partial charge < -0.3 is 40.2 Å². The molecule has 1 aromatic rings. The Morgan fingerprint density at radius 1 is 0.786 bits per heavy atom. The number of ether oxygens (including phenoxy) is 3. The van der Waals surface area contributed by atoms with Crippen molar-refractivity contribution >= 4 is 23.8 Å². The minimum Gasteiger partial charge on any atom is -0.494 e. The number of aliphatic carboxylic acids is 1. The van der Waals surface area contributed by atoms with Crippen molar-refractivity contribution in [2.45, 2.75) is 76.5 Å². The molecule has 13 nitrogen and oxygen atoms in total. The van der Waals surface area contributed by atoms with Crippen molar-refractivity contribution in [3.63, 3.8) is 0 Å². The molecule has 0 aliphatic rings. The van der Waals surface area contributed by atoms with Crippen LogP contribution in [0.15, 0.2) is 24.3 Å². The third kappa shape index (κ3) is 19.0. The minimum atomic E-state index is -1.12. The number of hydrogen-bond donors (Lipinski definition) is 6. The van der Waals surface area contributed by atoms with E-state index in [1.165, 1.54) is 19.2 Å². The van der Waals surface area contributed by atoms with Crippen molar-refractivity contribution in [2.24, 2.45) is 0 Å². The summed E-state index contributed by atoms with van der Waals surface area (Å²) in [6.07, 6.45) is 6.24. The summed E-state index contributed by atoms with van der Waals surface area (Å²) in [6, 6.07) is 5.31. The highest BCUT2D eigenvalue weighted by molar-refractivity contribution is 5.87. The lowest BCUT2D eigenvalue weighted by atomic mass is 10.1. The van der Waals surface area contributed by atoms with E-state index in [2.05, 4.69) is 16.0 Å². The first kappa shape index (κ1) is 36.8. The minimum absolute atomic E-state index is 0.00598. The topological polar surface area (TPSA) is 193 Å². The smallest absolute Gasteiger partial charge is 0.335 e. The van der Waals surface area contributed by atoms with Crippen molar-refractivity contribution in [1.82, 2.24) is 16.0 Å². The van der Waals surface area contributed by atoms with Crippen LogP contribution in [0.4, 0.5) is 0 Å². The van der Waals surface area contributed by atoms with Crippen molar-refractivity contribution < 1.29 is 48.7 Å². The molecule has 0 heterocycles. The lowest BCUT2D eigenvalue weighted by molar-refractivity contribution is -0.141. The molecule has 2 unspecified atom stereocenters. The number of hydrogen-bond acceptors (Lipinski definition) is 9. The predicted molar refractivity (Wildman–Crippen MR) is 154 cm³/mol. The molecular formula is C29H47N3O10. The Kier molecular flexibility index (Phi) is 20.4. The number of carboxylic acid groups (broad SMARTS) is 2. The number of aromatic carboxylic acids is 1. The van der Waals surface area contributed by atoms with Gasteiger partial charge in [0.15, 0.2) is 0 Å². The number of aliphatic hydroxyl groups is 1. The summed E-state index contributed by atoms with van der Waals surface area (Å²) in [6.45, 7) is 1.59. The summed E-state index contributed by atoms with van der Waals surface area (Å²) in [5.74, 6) is -1.96. The van der Waals surface area contributed by atoms with Gasteiger partial charge in [-0.25, -0.2) is 4.79 Å². The van der Waals surface area contributed by atoms with Crippen LogP contribution in [0, 0.1) is 0 Å². The molecule has 6 N–H and O–H groups in total. The number of carboxylic acids is 2. The van der Waals surface area contributed by atoms with Gasteiger partial charge in [0.05, 0.1) is 32.0 Å². The molecule has 2 amide bonds. The maximum atomic E-state index is 12.0. The van der Waals surface area contributed by atoms with Gasteiger partial charge in [0, 0.05) is 20.0 Å². The van der Waals surface area contributed by atoms with Gasteiger partial charge in [0.1, 0.15) is 24.6 Å². The van der Waals surface area contributed by atoms with E-state index in [9.17, 15) is 29.4 Å². The molecule has 0 fully saturated rings. The summed E-state index contributed by atoms with van der Waals surface area (Å²) in [4.78, 5) is 45.4. The number of amides is 2. The third-order valence-corrected chi connectivity index (χ3v) is 6.30. The van der Waals surface area contributed by atoms with Crippen molar-refractivity contribution in [3.05, 3.63) is 29.8 Å². The molecule has 13 heteroatoms. The summed E-state index contributed by atoms with van der Waals surface area (Å²) < 4.78 is 16.0. The van der Waals surface area contributed by atoms with Gasteiger partial charge in [-0.3, -0.25) is 19.7 Å². The van der Waals surface area contributed by atoms with E-state index in [4.69, 9.17) is 19.3 Å². The van der Waals surface area contributed by atoms with Crippen LogP contribution >= 0.6 is 0 Å². The zero-order chi connectivity index (χ0) is 31.0. The summed E-state index contributed by atoms with van der Waals surface area (Å²) >= 11 is 0. The van der Waals surface area contributed by atoms with E-state index in [1.54, 1.807) is 12.1 Å². The van der Waals surface area contributed by atoms with Crippen LogP contribution in [0.5, 0.6) is 5.75 Å². The Bertz CT molecular complexity index is 913. The lowest BCUT2D eigenvalue weighted by Crippen LogP contribution is -2.44. The molecular weight excluding hydrogens is 550 g/mol. The molecule has 238 valence electrons. The number of rotatable bonds is 26. The second kappa shape index (κ2) is 23.3. The van der Waals surface area contributed by atoms with Gasteiger partial charge in [-0.15, -0.1) is 0 Å². The highest BCUT2D eigenvalue weighted by Gasteiger charge is 2.21. The molecule has 0 radical (unpaired) electrons. The molecule has 42 heavy (non-hydrogen) atoms. The molecule has 0 saturated heterocycles. The molecule has 1 aromatic carbocycles. The van der Waals surface area contributed by atoms with Crippen LogP contribution in [-0.4, -0.2) is 98.0 Å². The molecule has 0 saturated carbocycles. The second-order valence-corrected chi connectivity index (χ2v) is 9.74. The largest absolute Gasteiger partial charge is 0.494 e. The van der Waals surface area contributed by atoms with Crippen LogP contribution in [0.1, 0.15) is 74.6 Å². The molecule has 0 aromatic heterocycles. The first-order valence-electron chi connectivity index (χ1n) is 14.5. The van der Waals surface area contributed by atoms with E-state index in [-0.39, 0.29) is 63.2 Å². The summed E-state index contributed by atoms with van der Waals surface area (Å²) in [5.41, 5.74) is 0.228. The first-order valence-corrected chi connectivity index (χ1v) is 14.5. The number of unbranched alkanes of at least 4 members (excludes halogenated alkanes) is 6. The van der Waals surface area contributed by atoms with Crippen molar-refractivity contribution in [3.8, 4) is 5.75 Å². The summed E-state index contributed by atoms with van der Waals surface area (Å²) in [7, 11) is 1.52. The molecule has 0 aliphatic heterocycles.